The summed E-state index contributed by atoms with van der Waals surface area (Å²) in [5.74, 6) is 0.402. The number of fused-ring (bicyclic) bond motifs is 1. The van der Waals surface area contributed by atoms with E-state index in [1.54, 1.807) is 26.0 Å². The standard InChI is InChI=1S/C26H28N4O7S2/c1-15-12-18(39(33,34)21-8-11-37-16(21)2)14-23(31)30(15)20(13-17-6-9-36-10-7-17)24(32)29-26-27-19-4-5-22(35-3)28-25(19)38-26/h4-5,8,11-12,14,17,20H,6-7,9-10,13H2,1-3H3,(H,27,29,32). The van der Waals surface area contributed by atoms with Crippen LogP contribution in [0, 0.1) is 19.8 Å². The van der Waals surface area contributed by atoms with Crippen molar-refractivity contribution in [2.24, 2.45) is 5.92 Å². The van der Waals surface area contributed by atoms with Crippen LogP contribution in [0.25, 0.3) is 10.3 Å². The van der Waals surface area contributed by atoms with Crippen molar-refractivity contribution in [3.63, 3.8) is 0 Å². The number of thiazole rings is 1. The first-order valence-corrected chi connectivity index (χ1v) is 14.7. The zero-order valence-electron chi connectivity index (χ0n) is 21.7. The SMILES string of the molecule is COc1ccc2nc(NC(=O)C(CC3CCOCC3)n3c(C)cc(S(=O)(=O)c4ccoc4C)cc3=O)sc2n1. The van der Waals surface area contributed by atoms with Gasteiger partial charge in [-0.1, -0.05) is 11.3 Å². The van der Waals surface area contributed by atoms with Gasteiger partial charge in [-0.3, -0.25) is 9.59 Å². The van der Waals surface area contributed by atoms with Crippen LogP contribution in [-0.4, -0.2) is 49.2 Å². The third-order valence-electron chi connectivity index (χ3n) is 6.83. The van der Waals surface area contributed by atoms with E-state index >= 15 is 0 Å². The zero-order valence-corrected chi connectivity index (χ0v) is 23.3. The van der Waals surface area contributed by atoms with Crippen LogP contribution in [0.4, 0.5) is 5.13 Å². The molecule has 13 heteroatoms. The molecule has 1 amide bonds. The lowest BCUT2D eigenvalue weighted by Gasteiger charge is -2.28. The maximum Gasteiger partial charge on any atom is 0.252 e. The number of carbonyl (C=O) groups excluding carboxylic acids is 1. The lowest BCUT2D eigenvalue weighted by Crippen LogP contribution is -2.36. The fraction of sp³-hybridized carbons (Fsp3) is 0.385. The Hall–Kier alpha value is -3.55. The third-order valence-corrected chi connectivity index (χ3v) is 9.57. The molecule has 1 saturated heterocycles. The van der Waals surface area contributed by atoms with E-state index in [9.17, 15) is 18.0 Å². The number of nitrogens with one attached hydrogen (secondary N) is 1. The number of hydrogen-bond acceptors (Lipinski definition) is 10. The van der Waals surface area contributed by atoms with Gasteiger partial charge in [0.15, 0.2) is 5.13 Å². The Morgan fingerprint density at radius 2 is 1.97 bits per heavy atom. The summed E-state index contributed by atoms with van der Waals surface area (Å²) < 4.78 is 43.6. The smallest absolute Gasteiger partial charge is 0.252 e. The minimum atomic E-state index is -3.98. The van der Waals surface area contributed by atoms with Gasteiger partial charge in [-0.05, 0) is 57.2 Å². The predicted molar refractivity (Wildman–Crippen MR) is 144 cm³/mol. The predicted octanol–water partition coefficient (Wildman–Crippen LogP) is 3.90. The highest BCUT2D eigenvalue weighted by atomic mass is 32.2. The maximum absolute atomic E-state index is 13.7. The van der Waals surface area contributed by atoms with Crippen LogP contribution in [0.2, 0.25) is 0 Å². The van der Waals surface area contributed by atoms with Gasteiger partial charge in [0.25, 0.3) is 5.56 Å². The average molecular weight is 573 g/mol. The number of pyridine rings is 2. The number of nitrogens with zero attached hydrogens (tertiary/aromatic N) is 3. The Morgan fingerprint density at radius 3 is 2.64 bits per heavy atom. The largest absolute Gasteiger partial charge is 0.481 e. The van der Waals surface area contributed by atoms with Crippen LogP contribution < -0.4 is 15.6 Å². The molecule has 4 aromatic heterocycles. The fourth-order valence-electron chi connectivity index (χ4n) is 4.80. The van der Waals surface area contributed by atoms with Crippen LogP contribution in [0.3, 0.4) is 0 Å². The topological polar surface area (TPSA) is 143 Å². The highest BCUT2D eigenvalue weighted by molar-refractivity contribution is 7.91. The van der Waals surface area contributed by atoms with Gasteiger partial charge in [0.05, 0.1) is 18.3 Å². The molecule has 1 N–H and O–H groups in total. The van der Waals surface area contributed by atoms with E-state index in [0.29, 0.717) is 46.7 Å². The number of rotatable bonds is 8. The van der Waals surface area contributed by atoms with Crippen LogP contribution in [0.5, 0.6) is 5.88 Å². The van der Waals surface area contributed by atoms with Crippen molar-refractivity contribution in [2.75, 3.05) is 25.6 Å². The van der Waals surface area contributed by atoms with Gasteiger partial charge in [-0.15, -0.1) is 0 Å². The number of hydrogen-bond donors (Lipinski definition) is 1. The van der Waals surface area contributed by atoms with Crippen LogP contribution in [0.15, 0.2) is 55.6 Å². The monoisotopic (exact) mass is 572 g/mol. The summed E-state index contributed by atoms with van der Waals surface area (Å²) in [7, 11) is -2.46. The molecule has 0 spiro atoms. The molecule has 5 rings (SSSR count). The lowest BCUT2D eigenvalue weighted by atomic mass is 9.91. The molecule has 1 unspecified atom stereocenters. The van der Waals surface area contributed by atoms with Gasteiger partial charge in [0.1, 0.15) is 27.0 Å². The molecule has 0 aromatic carbocycles. The van der Waals surface area contributed by atoms with E-state index in [1.807, 2.05) is 0 Å². The number of furan rings is 1. The van der Waals surface area contributed by atoms with E-state index in [0.717, 1.165) is 18.9 Å². The molecular weight excluding hydrogens is 544 g/mol. The van der Waals surface area contributed by atoms with Gasteiger partial charge < -0.3 is 23.8 Å². The molecule has 1 aliphatic heterocycles. The summed E-state index contributed by atoms with van der Waals surface area (Å²) in [4.78, 5) is 36.4. The fourth-order valence-corrected chi connectivity index (χ4v) is 7.13. The Bertz CT molecular complexity index is 1680. The van der Waals surface area contributed by atoms with Gasteiger partial charge >= 0.3 is 0 Å². The molecule has 0 aliphatic carbocycles. The number of methoxy groups -OCH3 is 1. The first-order valence-electron chi connectivity index (χ1n) is 12.4. The average Bonchev–Trinajstić information content (AvgIpc) is 3.53. The molecule has 4 aromatic rings. The molecule has 5 heterocycles. The summed E-state index contributed by atoms with van der Waals surface area (Å²) in [5, 5.41) is 3.19. The number of aryl methyl sites for hydroxylation is 2. The van der Waals surface area contributed by atoms with Crippen molar-refractivity contribution in [1.82, 2.24) is 14.5 Å². The summed E-state index contributed by atoms with van der Waals surface area (Å²) in [5.41, 5.74) is 0.372. The van der Waals surface area contributed by atoms with Crippen molar-refractivity contribution in [1.29, 1.82) is 0 Å². The molecule has 1 atom stereocenters. The second-order valence-corrected chi connectivity index (χ2v) is 12.3. The zero-order chi connectivity index (χ0) is 27.7. The van der Waals surface area contributed by atoms with E-state index in [4.69, 9.17) is 13.9 Å². The van der Waals surface area contributed by atoms with E-state index < -0.39 is 27.3 Å². The maximum atomic E-state index is 13.7. The van der Waals surface area contributed by atoms with E-state index in [2.05, 4.69) is 15.3 Å². The molecular formula is C26H28N4O7S2. The molecule has 11 nitrogen and oxygen atoms in total. The Labute approximate surface area is 228 Å². The van der Waals surface area contributed by atoms with E-state index in [1.165, 1.54) is 41.4 Å². The second-order valence-electron chi connectivity index (χ2n) is 9.38. The van der Waals surface area contributed by atoms with Crippen molar-refractivity contribution in [3.05, 3.63) is 58.4 Å². The van der Waals surface area contributed by atoms with Gasteiger partial charge in [0, 0.05) is 31.0 Å². The highest BCUT2D eigenvalue weighted by Gasteiger charge is 2.30. The first kappa shape index (κ1) is 27.0. The minimum absolute atomic E-state index is 0.00313. The number of anilines is 1. The third kappa shape index (κ3) is 5.47. The van der Waals surface area contributed by atoms with Crippen LogP contribution in [-0.2, 0) is 19.4 Å². The van der Waals surface area contributed by atoms with Crippen molar-refractivity contribution in [2.45, 2.75) is 48.9 Å². The molecule has 0 radical (unpaired) electrons. The van der Waals surface area contributed by atoms with Crippen molar-refractivity contribution in [3.8, 4) is 5.88 Å². The van der Waals surface area contributed by atoms with Crippen molar-refractivity contribution < 1.29 is 27.1 Å². The number of ether oxygens (including phenoxy) is 2. The quantitative estimate of drug-likeness (QED) is 0.332. The van der Waals surface area contributed by atoms with E-state index in [-0.39, 0.29) is 21.5 Å². The summed E-state index contributed by atoms with van der Waals surface area (Å²) in [6.07, 6.45) is 3.20. The summed E-state index contributed by atoms with van der Waals surface area (Å²) >= 11 is 1.20. The molecule has 0 saturated carbocycles. The van der Waals surface area contributed by atoms with Gasteiger partial charge in [-0.2, -0.15) is 0 Å². The Morgan fingerprint density at radius 1 is 1.21 bits per heavy atom. The Balaban J connectivity index is 1.50. The Kier molecular flexibility index (Phi) is 7.56. The lowest BCUT2D eigenvalue weighted by molar-refractivity contribution is -0.120. The number of amides is 1. The van der Waals surface area contributed by atoms with Crippen LogP contribution in [0.1, 0.15) is 36.8 Å². The van der Waals surface area contributed by atoms with Crippen LogP contribution >= 0.6 is 11.3 Å². The molecule has 39 heavy (non-hydrogen) atoms. The number of carbonyl (C=O) groups is 1. The normalized spacial score (nSPS) is 15.4. The van der Waals surface area contributed by atoms with Gasteiger partial charge in [0.2, 0.25) is 21.6 Å². The van der Waals surface area contributed by atoms with Crippen molar-refractivity contribution >= 4 is 42.6 Å². The summed E-state index contributed by atoms with van der Waals surface area (Å²) in [6, 6.07) is 6.39. The number of sulfone groups is 1. The molecule has 0 bridgehead atoms. The second kappa shape index (κ2) is 10.9. The minimum Gasteiger partial charge on any atom is -0.481 e. The first-order chi connectivity index (χ1) is 18.7. The molecule has 206 valence electrons. The molecule has 1 aliphatic rings. The number of aromatic nitrogens is 3. The summed E-state index contributed by atoms with van der Waals surface area (Å²) in [6.45, 7) is 4.34. The highest BCUT2D eigenvalue weighted by Crippen LogP contribution is 2.31. The van der Waals surface area contributed by atoms with Gasteiger partial charge in [-0.25, -0.2) is 18.4 Å². The molecule has 1 fully saturated rings.